The van der Waals surface area contributed by atoms with Crippen LogP contribution in [0.1, 0.15) is 5.56 Å². The zero-order valence-corrected chi connectivity index (χ0v) is 10.7. The zero-order valence-electron chi connectivity index (χ0n) is 9.77. The summed E-state index contributed by atoms with van der Waals surface area (Å²) < 4.78 is 17.0. The lowest BCUT2D eigenvalue weighted by Crippen LogP contribution is -2.00. The molecule has 4 nitrogen and oxygen atoms in total. The van der Waals surface area contributed by atoms with E-state index in [-0.39, 0.29) is 6.16 Å². The van der Waals surface area contributed by atoms with Crippen LogP contribution >= 0.6 is 7.60 Å². The van der Waals surface area contributed by atoms with Gasteiger partial charge in [0.2, 0.25) is 0 Å². The molecule has 18 heavy (non-hydrogen) atoms. The lowest BCUT2D eigenvalue weighted by Gasteiger charge is -2.13. The Balaban J connectivity index is 1.94. The van der Waals surface area contributed by atoms with Crippen LogP contribution in [-0.4, -0.2) is 16.0 Å². The van der Waals surface area contributed by atoms with E-state index in [0.717, 1.165) is 5.56 Å². The van der Waals surface area contributed by atoms with Crippen molar-refractivity contribution in [2.45, 2.75) is 6.42 Å². The summed E-state index contributed by atoms with van der Waals surface area (Å²) in [6.45, 7) is 0. The first kappa shape index (κ1) is 12.8. The van der Waals surface area contributed by atoms with E-state index >= 15 is 0 Å². The van der Waals surface area contributed by atoms with Crippen LogP contribution < -0.4 is 4.52 Å². The van der Waals surface area contributed by atoms with Gasteiger partial charge in [-0.05, 0) is 30.2 Å². The minimum absolute atomic E-state index is 0.0770. The molecule has 0 spiro atoms. The van der Waals surface area contributed by atoms with Gasteiger partial charge in [0, 0.05) is 12.4 Å². The van der Waals surface area contributed by atoms with E-state index in [1.54, 1.807) is 42.7 Å². The van der Waals surface area contributed by atoms with Gasteiger partial charge in [0.05, 0.1) is 6.16 Å². The Morgan fingerprint density at radius 3 is 2.61 bits per heavy atom. The molecule has 0 amide bonds. The fourth-order valence-corrected chi connectivity index (χ4v) is 2.59. The van der Waals surface area contributed by atoms with E-state index in [1.165, 1.54) is 0 Å². The summed E-state index contributed by atoms with van der Waals surface area (Å²) in [6.07, 6.45) is 3.90. The Labute approximate surface area is 106 Å². The van der Waals surface area contributed by atoms with Crippen molar-refractivity contribution in [3.8, 4) is 5.75 Å². The summed E-state index contributed by atoms with van der Waals surface area (Å²) in [4.78, 5) is 13.7. The molecule has 1 aromatic heterocycles. The summed E-state index contributed by atoms with van der Waals surface area (Å²) in [5, 5.41) is 0. The highest BCUT2D eigenvalue weighted by atomic mass is 31.2. The summed E-state index contributed by atoms with van der Waals surface area (Å²) >= 11 is 0. The maximum atomic E-state index is 11.9. The number of rotatable bonds is 5. The average molecular weight is 263 g/mol. The lowest BCUT2D eigenvalue weighted by atomic mass is 10.2. The van der Waals surface area contributed by atoms with Gasteiger partial charge in [-0.2, -0.15) is 0 Å². The van der Waals surface area contributed by atoms with Crippen molar-refractivity contribution in [3.63, 3.8) is 0 Å². The van der Waals surface area contributed by atoms with Crippen molar-refractivity contribution >= 4 is 7.60 Å². The fraction of sp³-hybridized carbons (Fsp3) is 0.154. The molecular weight excluding hydrogens is 249 g/mol. The van der Waals surface area contributed by atoms with Crippen molar-refractivity contribution in [1.29, 1.82) is 0 Å². The summed E-state index contributed by atoms with van der Waals surface area (Å²) in [5.74, 6) is 0.412. The first-order chi connectivity index (χ1) is 8.66. The van der Waals surface area contributed by atoms with Gasteiger partial charge in [-0.25, -0.2) is 4.57 Å². The highest BCUT2D eigenvalue weighted by molar-refractivity contribution is 7.53. The van der Waals surface area contributed by atoms with Gasteiger partial charge in [-0.1, -0.05) is 24.3 Å². The number of pyridine rings is 1. The van der Waals surface area contributed by atoms with Crippen LogP contribution in [0.3, 0.4) is 0 Å². The minimum atomic E-state index is -3.61. The van der Waals surface area contributed by atoms with Crippen LogP contribution in [0.2, 0.25) is 0 Å². The van der Waals surface area contributed by atoms with Crippen molar-refractivity contribution < 1.29 is 14.0 Å². The SMILES string of the molecule is O=P(O)(CCc1cccnc1)Oc1ccccc1. The van der Waals surface area contributed by atoms with Gasteiger partial charge in [0.25, 0.3) is 0 Å². The van der Waals surface area contributed by atoms with E-state index in [9.17, 15) is 9.46 Å². The predicted molar refractivity (Wildman–Crippen MR) is 69.7 cm³/mol. The lowest BCUT2D eigenvalue weighted by molar-refractivity contribution is 0.379. The van der Waals surface area contributed by atoms with E-state index in [1.807, 2.05) is 12.1 Å². The Bertz CT molecular complexity index is 530. The molecule has 1 heterocycles. The maximum Gasteiger partial charge on any atom is 0.376 e. The van der Waals surface area contributed by atoms with Crippen LogP contribution in [0.25, 0.3) is 0 Å². The quantitative estimate of drug-likeness (QED) is 0.842. The standard InChI is InChI=1S/C13H14NO3P/c15-18(16,17-13-6-2-1-3-7-13)10-8-12-5-4-9-14-11-12/h1-7,9,11H,8,10H2,(H,15,16). The number of nitrogens with zero attached hydrogens (tertiary/aromatic N) is 1. The molecule has 0 radical (unpaired) electrons. The Kier molecular flexibility index (Phi) is 4.13. The molecule has 1 atom stereocenters. The van der Waals surface area contributed by atoms with Crippen molar-refractivity contribution in [2.75, 3.05) is 6.16 Å². The molecule has 1 unspecified atom stereocenters. The second kappa shape index (κ2) is 5.80. The third kappa shape index (κ3) is 3.99. The summed E-state index contributed by atoms with van der Waals surface area (Å²) in [7, 11) is -3.61. The Morgan fingerprint density at radius 2 is 1.94 bits per heavy atom. The number of para-hydroxylation sites is 1. The monoisotopic (exact) mass is 263 g/mol. The first-order valence-electron chi connectivity index (χ1n) is 5.61. The minimum Gasteiger partial charge on any atom is -0.424 e. The number of hydrogen-bond donors (Lipinski definition) is 1. The van der Waals surface area contributed by atoms with Gasteiger partial charge in [-0.15, -0.1) is 0 Å². The first-order valence-corrected chi connectivity index (χ1v) is 7.37. The normalized spacial score (nSPS) is 13.8. The van der Waals surface area contributed by atoms with Gasteiger partial charge in [0.15, 0.2) is 0 Å². The molecule has 0 saturated carbocycles. The highest BCUT2D eigenvalue weighted by Gasteiger charge is 2.20. The molecule has 94 valence electrons. The summed E-state index contributed by atoms with van der Waals surface area (Å²) in [6, 6.07) is 12.3. The molecular formula is C13H14NO3P. The van der Waals surface area contributed by atoms with E-state index in [2.05, 4.69) is 4.98 Å². The molecule has 0 aliphatic carbocycles. The number of aromatic nitrogens is 1. The van der Waals surface area contributed by atoms with Crippen molar-refractivity contribution in [3.05, 3.63) is 60.4 Å². The average Bonchev–Trinajstić information content (AvgIpc) is 2.38. The highest BCUT2D eigenvalue weighted by Crippen LogP contribution is 2.42. The summed E-state index contributed by atoms with van der Waals surface area (Å²) in [5.41, 5.74) is 0.920. The van der Waals surface area contributed by atoms with Crippen LogP contribution in [-0.2, 0) is 11.0 Å². The van der Waals surface area contributed by atoms with Gasteiger partial charge < -0.3 is 9.42 Å². The zero-order chi connectivity index (χ0) is 12.8. The van der Waals surface area contributed by atoms with Crippen LogP contribution in [0.5, 0.6) is 5.75 Å². The van der Waals surface area contributed by atoms with Crippen molar-refractivity contribution in [2.24, 2.45) is 0 Å². The second-order valence-corrected chi connectivity index (χ2v) is 5.78. The molecule has 0 bridgehead atoms. The molecule has 0 aliphatic heterocycles. The van der Waals surface area contributed by atoms with Gasteiger partial charge in [0.1, 0.15) is 5.75 Å². The molecule has 2 rings (SSSR count). The largest absolute Gasteiger partial charge is 0.424 e. The molecule has 0 aliphatic rings. The Morgan fingerprint density at radius 1 is 1.17 bits per heavy atom. The third-order valence-corrected chi connectivity index (χ3v) is 3.68. The molecule has 5 heteroatoms. The number of hydrogen-bond acceptors (Lipinski definition) is 3. The number of benzene rings is 1. The Hall–Kier alpha value is -1.64. The molecule has 0 saturated heterocycles. The van der Waals surface area contributed by atoms with Crippen LogP contribution in [0, 0.1) is 0 Å². The predicted octanol–water partition coefficient (Wildman–Crippen LogP) is 2.89. The molecule has 0 fully saturated rings. The van der Waals surface area contributed by atoms with Gasteiger partial charge in [-0.3, -0.25) is 4.98 Å². The fourth-order valence-electron chi connectivity index (χ4n) is 1.51. The third-order valence-electron chi connectivity index (χ3n) is 2.40. The van der Waals surface area contributed by atoms with Crippen molar-refractivity contribution in [1.82, 2.24) is 4.98 Å². The maximum absolute atomic E-state index is 11.9. The van der Waals surface area contributed by atoms with E-state index in [0.29, 0.717) is 12.2 Å². The molecule has 2 aromatic rings. The topological polar surface area (TPSA) is 59.4 Å². The molecule has 1 N–H and O–H groups in total. The smallest absolute Gasteiger partial charge is 0.376 e. The molecule has 1 aromatic carbocycles. The van der Waals surface area contributed by atoms with E-state index < -0.39 is 7.60 Å². The van der Waals surface area contributed by atoms with Crippen LogP contribution in [0.4, 0.5) is 0 Å². The number of aryl methyl sites for hydroxylation is 1. The van der Waals surface area contributed by atoms with Crippen LogP contribution in [0.15, 0.2) is 54.9 Å². The van der Waals surface area contributed by atoms with E-state index in [4.69, 9.17) is 4.52 Å². The second-order valence-electron chi connectivity index (χ2n) is 3.88. The van der Waals surface area contributed by atoms with Gasteiger partial charge >= 0.3 is 7.60 Å².